The summed E-state index contributed by atoms with van der Waals surface area (Å²) >= 11 is 0. The van der Waals surface area contributed by atoms with Crippen molar-refractivity contribution in [3.63, 3.8) is 0 Å². The predicted molar refractivity (Wildman–Crippen MR) is 68.2 cm³/mol. The first kappa shape index (κ1) is 16.9. The summed E-state index contributed by atoms with van der Waals surface area (Å²) in [4.78, 5) is 24.5. The quantitative estimate of drug-likeness (QED) is 0.568. The molecule has 0 bridgehead atoms. The van der Waals surface area contributed by atoms with Gasteiger partial charge in [0, 0.05) is 6.54 Å². The van der Waals surface area contributed by atoms with E-state index in [0.29, 0.717) is 13.0 Å². The normalized spacial score (nSPS) is 14.6. The van der Waals surface area contributed by atoms with Crippen LogP contribution in [0, 0.1) is 5.92 Å². The highest BCUT2D eigenvalue weighted by Crippen LogP contribution is 2.06. The van der Waals surface area contributed by atoms with E-state index in [0.717, 1.165) is 0 Å². The van der Waals surface area contributed by atoms with Gasteiger partial charge in [-0.3, -0.25) is 9.69 Å². The first-order valence-corrected chi connectivity index (χ1v) is 6.13. The summed E-state index contributed by atoms with van der Waals surface area (Å²) in [5, 5.41) is 20.3. The first-order chi connectivity index (χ1) is 8.29. The third kappa shape index (κ3) is 5.97. The Morgan fingerprint density at radius 3 is 2.22 bits per heavy atom. The van der Waals surface area contributed by atoms with Crippen LogP contribution in [0.15, 0.2) is 0 Å². The van der Waals surface area contributed by atoms with Crippen molar-refractivity contribution in [2.45, 2.75) is 39.3 Å². The number of rotatable bonds is 8. The van der Waals surface area contributed by atoms with Gasteiger partial charge in [-0.05, 0) is 26.3 Å². The lowest BCUT2D eigenvalue weighted by Gasteiger charge is -2.25. The summed E-state index contributed by atoms with van der Waals surface area (Å²) in [6.45, 7) is 5.82. The monoisotopic (exact) mass is 260 g/mol. The van der Waals surface area contributed by atoms with E-state index in [-0.39, 0.29) is 18.4 Å². The van der Waals surface area contributed by atoms with Crippen molar-refractivity contribution in [1.29, 1.82) is 0 Å². The molecule has 0 aliphatic carbocycles. The van der Waals surface area contributed by atoms with Gasteiger partial charge in [-0.25, -0.2) is 4.79 Å². The molecule has 0 rings (SSSR count). The molecule has 0 saturated carbocycles. The Bertz CT molecular complexity index is 281. The van der Waals surface area contributed by atoms with Crippen LogP contribution in [0.4, 0.5) is 0 Å². The average molecular weight is 260 g/mol. The molecule has 0 aromatic rings. The molecule has 106 valence electrons. The number of aliphatic hydroxyl groups is 1. The van der Waals surface area contributed by atoms with Gasteiger partial charge >= 0.3 is 5.97 Å². The fourth-order valence-corrected chi connectivity index (χ4v) is 1.54. The molecule has 0 aromatic carbocycles. The van der Waals surface area contributed by atoms with Crippen LogP contribution in [-0.2, 0) is 9.59 Å². The minimum absolute atomic E-state index is 0.0392. The molecule has 2 atom stereocenters. The Morgan fingerprint density at radius 1 is 1.28 bits per heavy atom. The Balaban J connectivity index is 4.45. The van der Waals surface area contributed by atoms with Gasteiger partial charge in [0.1, 0.15) is 6.04 Å². The molecule has 0 radical (unpaired) electrons. The molecular formula is C12H24N2O4. The molecule has 0 fully saturated rings. The van der Waals surface area contributed by atoms with Gasteiger partial charge in [-0.1, -0.05) is 13.8 Å². The lowest BCUT2D eigenvalue weighted by Crippen LogP contribution is -2.50. The van der Waals surface area contributed by atoms with Crippen molar-refractivity contribution in [1.82, 2.24) is 10.2 Å². The number of carboxylic acid groups (broad SMARTS) is 1. The highest BCUT2D eigenvalue weighted by atomic mass is 16.4. The average Bonchev–Trinajstić information content (AvgIpc) is 2.26. The Kier molecular flexibility index (Phi) is 7.54. The molecule has 18 heavy (non-hydrogen) atoms. The lowest BCUT2D eigenvalue weighted by atomic mass is 10.0. The summed E-state index contributed by atoms with van der Waals surface area (Å²) in [7, 11) is 1.71. The molecule has 0 spiro atoms. The predicted octanol–water partition coefficient (Wildman–Crippen LogP) is -0.0855. The highest BCUT2D eigenvalue weighted by Gasteiger charge is 2.25. The number of aliphatic hydroxyl groups excluding tert-OH is 1. The number of aliphatic carboxylic acids is 1. The second-order valence-corrected chi connectivity index (χ2v) is 4.91. The van der Waals surface area contributed by atoms with Crippen molar-refractivity contribution in [3.8, 4) is 0 Å². The molecule has 0 saturated heterocycles. The number of hydrogen-bond acceptors (Lipinski definition) is 4. The summed E-state index contributed by atoms with van der Waals surface area (Å²) in [5.41, 5.74) is 0. The fraction of sp³-hybridized carbons (Fsp3) is 0.833. The molecule has 2 unspecified atom stereocenters. The zero-order valence-electron chi connectivity index (χ0n) is 11.5. The van der Waals surface area contributed by atoms with Crippen molar-refractivity contribution in [2.75, 3.05) is 20.2 Å². The smallest absolute Gasteiger partial charge is 0.326 e. The Morgan fingerprint density at radius 2 is 1.83 bits per heavy atom. The summed E-state index contributed by atoms with van der Waals surface area (Å²) < 4.78 is 0. The van der Waals surface area contributed by atoms with Gasteiger partial charge in [0.2, 0.25) is 5.91 Å². The third-order valence-electron chi connectivity index (χ3n) is 2.82. The molecule has 0 aromatic heterocycles. The summed E-state index contributed by atoms with van der Waals surface area (Å²) in [5.74, 6) is -1.16. The van der Waals surface area contributed by atoms with E-state index >= 15 is 0 Å². The maximum Gasteiger partial charge on any atom is 0.326 e. The number of amides is 1. The fourth-order valence-electron chi connectivity index (χ4n) is 1.54. The lowest BCUT2D eigenvalue weighted by molar-refractivity contribution is -0.143. The van der Waals surface area contributed by atoms with Gasteiger partial charge < -0.3 is 15.5 Å². The number of carboxylic acids is 1. The minimum atomic E-state index is -1.02. The molecular weight excluding hydrogens is 236 g/mol. The van der Waals surface area contributed by atoms with E-state index < -0.39 is 18.1 Å². The molecule has 3 N–H and O–H groups in total. The number of hydrogen-bond donors (Lipinski definition) is 3. The Hall–Kier alpha value is -1.14. The van der Waals surface area contributed by atoms with E-state index in [1.165, 1.54) is 0 Å². The zero-order chi connectivity index (χ0) is 14.3. The number of nitrogens with zero attached hydrogens (tertiary/aromatic N) is 1. The largest absolute Gasteiger partial charge is 0.480 e. The van der Waals surface area contributed by atoms with E-state index in [2.05, 4.69) is 5.32 Å². The number of carbonyl (C=O) groups is 2. The van der Waals surface area contributed by atoms with E-state index in [9.17, 15) is 9.59 Å². The second-order valence-electron chi connectivity index (χ2n) is 4.91. The molecule has 0 heterocycles. The van der Waals surface area contributed by atoms with Gasteiger partial charge in [-0.2, -0.15) is 0 Å². The number of carbonyl (C=O) groups excluding carboxylic acids is 1. The van der Waals surface area contributed by atoms with Crippen LogP contribution in [0.1, 0.15) is 27.2 Å². The Labute approximate surface area is 108 Å². The SMILES string of the molecule is CC(C)CC(NC(=O)C(C)N(C)CCO)C(=O)O. The molecule has 6 heteroatoms. The second kappa shape index (κ2) is 8.05. The summed E-state index contributed by atoms with van der Waals surface area (Å²) in [6.07, 6.45) is 0.400. The van der Waals surface area contributed by atoms with Crippen molar-refractivity contribution in [3.05, 3.63) is 0 Å². The van der Waals surface area contributed by atoms with Crippen molar-refractivity contribution in [2.24, 2.45) is 5.92 Å². The van der Waals surface area contributed by atoms with Crippen LogP contribution in [0.5, 0.6) is 0 Å². The molecule has 0 aliphatic rings. The van der Waals surface area contributed by atoms with Crippen LogP contribution < -0.4 is 5.32 Å². The molecule has 6 nitrogen and oxygen atoms in total. The maximum absolute atomic E-state index is 11.9. The van der Waals surface area contributed by atoms with E-state index in [1.807, 2.05) is 13.8 Å². The van der Waals surface area contributed by atoms with Gasteiger partial charge in [-0.15, -0.1) is 0 Å². The topological polar surface area (TPSA) is 89.9 Å². The zero-order valence-corrected chi connectivity index (χ0v) is 11.5. The maximum atomic E-state index is 11.9. The molecule has 0 aliphatic heterocycles. The van der Waals surface area contributed by atoms with Crippen LogP contribution >= 0.6 is 0 Å². The van der Waals surface area contributed by atoms with Crippen LogP contribution in [-0.4, -0.2) is 59.3 Å². The van der Waals surface area contributed by atoms with Crippen molar-refractivity contribution < 1.29 is 19.8 Å². The summed E-state index contributed by atoms with van der Waals surface area (Å²) in [6, 6.07) is -1.33. The first-order valence-electron chi connectivity index (χ1n) is 6.13. The number of likely N-dealkylation sites (N-methyl/N-ethyl adjacent to an activating group) is 1. The number of nitrogens with one attached hydrogen (secondary N) is 1. The van der Waals surface area contributed by atoms with Gasteiger partial charge in [0.15, 0.2) is 0 Å². The standard InChI is InChI=1S/C12H24N2O4/c1-8(2)7-10(12(17)18)13-11(16)9(3)14(4)5-6-15/h8-10,15H,5-7H2,1-4H3,(H,13,16)(H,17,18). The highest BCUT2D eigenvalue weighted by molar-refractivity contribution is 5.86. The molecule has 1 amide bonds. The van der Waals surface area contributed by atoms with E-state index in [4.69, 9.17) is 10.2 Å². The van der Waals surface area contributed by atoms with Crippen LogP contribution in [0.3, 0.4) is 0 Å². The van der Waals surface area contributed by atoms with Gasteiger partial charge in [0.05, 0.1) is 12.6 Å². The third-order valence-corrected chi connectivity index (χ3v) is 2.82. The van der Waals surface area contributed by atoms with Crippen LogP contribution in [0.2, 0.25) is 0 Å². The van der Waals surface area contributed by atoms with Crippen LogP contribution in [0.25, 0.3) is 0 Å². The van der Waals surface area contributed by atoms with Gasteiger partial charge in [0.25, 0.3) is 0 Å². The van der Waals surface area contributed by atoms with Crippen molar-refractivity contribution >= 4 is 11.9 Å². The van der Waals surface area contributed by atoms with E-state index in [1.54, 1.807) is 18.9 Å². The minimum Gasteiger partial charge on any atom is -0.480 e.